The summed E-state index contributed by atoms with van der Waals surface area (Å²) in [4.78, 5) is 63.7. The molecule has 0 atom stereocenters. The second-order valence-electron chi connectivity index (χ2n) is 30.6. The number of nitriles is 3. The Labute approximate surface area is 692 Å². The van der Waals surface area contributed by atoms with Gasteiger partial charge in [0.05, 0.1) is 70.4 Å². The van der Waals surface area contributed by atoms with Crippen molar-refractivity contribution in [2.45, 2.75) is 64.7 Å². The van der Waals surface area contributed by atoms with Crippen molar-refractivity contribution in [2.75, 3.05) is 71.1 Å². The van der Waals surface area contributed by atoms with Gasteiger partial charge in [0.1, 0.15) is 41.4 Å². The maximum absolute atomic E-state index is 12.9. The molecule has 594 valence electrons. The Morgan fingerprint density at radius 1 is 0.450 bits per heavy atom. The van der Waals surface area contributed by atoms with Crippen LogP contribution in [0.15, 0.2) is 190 Å². The number of nitrogens with zero attached hydrogens (tertiary/aromatic N) is 22. The molecule has 3 amide bonds. The van der Waals surface area contributed by atoms with E-state index < -0.39 is 0 Å². The van der Waals surface area contributed by atoms with Crippen LogP contribution in [-0.4, -0.2) is 142 Å². The molecule has 3 aliphatic heterocycles. The number of rotatable bonds is 17. The molecule has 4 fully saturated rings. The third kappa shape index (κ3) is 17.1. The number of terminal acetylenes is 2. The van der Waals surface area contributed by atoms with Crippen LogP contribution in [0, 0.1) is 93.7 Å². The zero-order valence-electron chi connectivity index (χ0n) is 66.7. The number of aryl methyl sites for hydroxylation is 3. The second-order valence-corrected chi connectivity index (χ2v) is 30.6. The smallest absolute Gasteiger partial charge is 0.227 e. The van der Waals surface area contributed by atoms with Gasteiger partial charge >= 0.3 is 0 Å². The quantitative estimate of drug-likeness (QED) is 0.0713. The lowest BCUT2D eigenvalue weighted by atomic mass is 9.95. The predicted octanol–water partition coefficient (Wildman–Crippen LogP) is 12.6. The number of benzene rings is 1. The van der Waals surface area contributed by atoms with Gasteiger partial charge in [-0.25, -0.2) is 33.5 Å². The summed E-state index contributed by atoms with van der Waals surface area (Å²) in [5, 5.41) is 64.4. The number of anilines is 5. The molecule has 1 aliphatic carbocycles. The van der Waals surface area contributed by atoms with Gasteiger partial charge in [-0.05, 0) is 155 Å². The Kier molecular flexibility index (Phi) is 22.5. The topological polar surface area (TPSA) is 325 Å². The molecule has 0 bridgehead atoms. The Bertz CT molecular complexity index is 6480. The first-order chi connectivity index (χ1) is 58.5. The van der Waals surface area contributed by atoms with E-state index in [1.165, 1.54) is 0 Å². The van der Waals surface area contributed by atoms with Gasteiger partial charge in [-0.1, -0.05) is 17.9 Å². The number of pyridine rings is 7. The van der Waals surface area contributed by atoms with Gasteiger partial charge in [0.15, 0.2) is 0 Å². The van der Waals surface area contributed by atoms with Crippen LogP contribution >= 0.6 is 0 Å². The molecule has 4 aliphatic rings. The predicted molar refractivity (Wildman–Crippen MR) is 457 cm³/mol. The molecule has 28 heteroatoms. The highest BCUT2D eigenvalue weighted by atomic mass is 16.2. The van der Waals surface area contributed by atoms with E-state index in [1.807, 2.05) is 144 Å². The first kappa shape index (κ1) is 78.4. The minimum Gasteiger partial charge on any atom is -0.357 e. The zero-order chi connectivity index (χ0) is 83.0. The summed E-state index contributed by atoms with van der Waals surface area (Å²) < 4.78 is 10.5. The molecular weight excluding hydrogens is 1500 g/mol. The van der Waals surface area contributed by atoms with Crippen molar-refractivity contribution in [3.8, 4) is 121 Å². The summed E-state index contributed by atoms with van der Waals surface area (Å²) in [6, 6.07) is 35.9. The number of hydrogen-bond donors (Lipinski definition) is 3. The van der Waals surface area contributed by atoms with Gasteiger partial charge < -0.3 is 30.7 Å². The Hall–Kier alpha value is -15.5. The Balaban J connectivity index is 0.000000134. The first-order valence-electron chi connectivity index (χ1n) is 39.7. The largest absolute Gasteiger partial charge is 0.357 e. The molecule has 0 unspecified atom stereocenters. The minimum absolute atomic E-state index is 0.0150. The van der Waals surface area contributed by atoms with Crippen molar-refractivity contribution in [1.82, 2.24) is 83.4 Å². The lowest BCUT2D eigenvalue weighted by Gasteiger charge is -2.32. The zero-order valence-corrected chi connectivity index (χ0v) is 66.7. The number of amides is 3. The second kappa shape index (κ2) is 34.5. The van der Waals surface area contributed by atoms with Crippen molar-refractivity contribution in [1.29, 1.82) is 15.8 Å². The molecule has 3 N–H and O–H groups in total. The highest BCUT2D eigenvalue weighted by molar-refractivity contribution is 5.95. The maximum Gasteiger partial charge on any atom is 0.227 e. The van der Waals surface area contributed by atoms with Crippen molar-refractivity contribution < 1.29 is 14.4 Å². The van der Waals surface area contributed by atoms with E-state index in [1.54, 1.807) is 83.8 Å². The van der Waals surface area contributed by atoms with E-state index in [0.29, 0.717) is 34.6 Å². The van der Waals surface area contributed by atoms with Crippen LogP contribution in [0.3, 0.4) is 0 Å². The maximum atomic E-state index is 12.9. The highest BCUT2D eigenvalue weighted by Gasteiger charge is 2.42. The average Bonchev–Trinajstić information content (AvgIpc) is 1.34. The normalized spacial score (nSPS) is 14.5. The summed E-state index contributed by atoms with van der Waals surface area (Å²) >= 11 is 0. The molecule has 0 radical (unpaired) electrons. The number of fused-ring (bicyclic) bond motifs is 3. The van der Waals surface area contributed by atoms with Crippen LogP contribution in [0.1, 0.15) is 92.7 Å². The number of carbonyl (C=O) groups excluding carboxylic acids is 3. The Morgan fingerprint density at radius 2 is 0.850 bits per heavy atom. The SMILES string of the molecule is C#CCC1(CNC(=O)C2CCN(c3ccc(-c4cc(-c5cnn(C)c5)cn5ncc(C#N)c45)cn3)CC2)CC1.C#Cc1cccc(NC(=O)C2CCN(c3ccc(-c4cc(-c5cnn(C)c5)cn5ncc(C#N)c45)cn3)CC2)c1.CC#Cc1cc(NC(=O)C2CCN(c3ccc(-c4cc(-c5cnn(C)c5)cn5ncc(C#N)c45)cn3)CC2)ccn1. The molecule has 28 nitrogen and oxygen atoms in total. The fraction of sp³-hybridized carbons (Fsp3) is 0.261. The summed E-state index contributed by atoms with van der Waals surface area (Å²) in [6.07, 6.45) is 47.4. The van der Waals surface area contributed by atoms with E-state index >= 15 is 0 Å². The molecule has 1 saturated carbocycles. The molecule has 3 saturated heterocycles. The summed E-state index contributed by atoms with van der Waals surface area (Å²) in [5.74, 6) is 13.7. The van der Waals surface area contributed by atoms with E-state index in [4.69, 9.17) is 27.8 Å². The van der Waals surface area contributed by atoms with Gasteiger partial charge in [-0.2, -0.15) is 46.4 Å². The van der Waals surface area contributed by atoms with E-state index in [-0.39, 0.29) is 40.9 Å². The standard InChI is InChI=1S/C31H27N9O.C31H26N8O.C30H30N8O/c1-3-4-26-14-27(7-10-33-26)37-31(41)21-8-11-39(12-9-21)29-6-5-22(16-34-29)28-13-23(25-18-35-38(2)19-25)20-40-30(28)24(15-32)17-36-40;1-3-21-5-4-6-27(13-21)36-31(40)22-9-11-38(12-10-22)29-8-7-23(16-33-29)28-14-24(26-18-34-37(2)19-26)20-39-30(28)25(15-32)17-35-39;1-3-8-30(9-10-30)20-33-29(39)21-6-11-37(12-7-21)27-5-4-22(15-32-27)26-13-23(25-17-34-36(2)18-25)19-38-28(26)24(14-31)16-35-38/h5-7,10,13-14,16-21H,8-9,11-12H2,1-2H3,(H,33,37,41);1,4-8,13-14,16-20,22H,9-12H2,2H3,(H,36,40);1,4-5,13,15-19,21H,6-12,20H2,2H3,(H,33,39). The first-order valence-corrected chi connectivity index (χ1v) is 39.7. The lowest BCUT2D eigenvalue weighted by molar-refractivity contribution is -0.126. The summed E-state index contributed by atoms with van der Waals surface area (Å²) in [5.41, 5.74) is 17.7. The number of piperidine rings is 3. The molecule has 1 aromatic carbocycles. The molecular formula is C92H83N25O3. The lowest BCUT2D eigenvalue weighted by Crippen LogP contribution is -2.42. The van der Waals surface area contributed by atoms with E-state index in [9.17, 15) is 30.2 Å². The van der Waals surface area contributed by atoms with Crippen LogP contribution in [0.4, 0.5) is 28.8 Å². The van der Waals surface area contributed by atoms with Crippen molar-refractivity contribution in [2.24, 2.45) is 44.3 Å². The van der Waals surface area contributed by atoms with Crippen molar-refractivity contribution in [3.63, 3.8) is 0 Å². The number of hydrogen-bond acceptors (Lipinski definition) is 19. The van der Waals surface area contributed by atoms with Crippen molar-refractivity contribution in [3.05, 3.63) is 218 Å². The molecule has 16 heterocycles. The Morgan fingerprint density at radius 3 is 1.19 bits per heavy atom. The fourth-order valence-electron chi connectivity index (χ4n) is 15.9. The number of aromatic nitrogens is 16. The molecule has 18 rings (SSSR count). The van der Waals surface area contributed by atoms with Gasteiger partial charge in [0, 0.05) is 237 Å². The van der Waals surface area contributed by atoms with Crippen LogP contribution < -0.4 is 30.7 Å². The van der Waals surface area contributed by atoms with Gasteiger partial charge in [0.2, 0.25) is 17.7 Å². The molecule has 14 aromatic rings. The van der Waals surface area contributed by atoms with Gasteiger partial charge in [0.25, 0.3) is 0 Å². The average molecular weight is 1590 g/mol. The highest BCUT2D eigenvalue weighted by Crippen LogP contribution is 2.48. The van der Waals surface area contributed by atoms with Gasteiger partial charge in [-0.3, -0.25) is 28.4 Å². The summed E-state index contributed by atoms with van der Waals surface area (Å²) in [6.45, 7) is 6.94. The third-order valence-electron chi connectivity index (χ3n) is 22.7. The minimum atomic E-state index is -0.0748. The number of carbonyl (C=O) groups is 3. The van der Waals surface area contributed by atoms with Crippen LogP contribution in [0.2, 0.25) is 0 Å². The fourth-order valence-corrected chi connectivity index (χ4v) is 15.9. The van der Waals surface area contributed by atoms with Crippen LogP contribution in [0.25, 0.3) is 83.3 Å². The van der Waals surface area contributed by atoms with Crippen molar-refractivity contribution >= 4 is 63.1 Å². The molecule has 120 heavy (non-hydrogen) atoms. The van der Waals surface area contributed by atoms with E-state index in [0.717, 1.165) is 209 Å². The molecule has 0 spiro atoms. The van der Waals surface area contributed by atoms with Crippen LogP contribution in [-0.2, 0) is 35.5 Å². The van der Waals surface area contributed by atoms with Crippen LogP contribution in [0.5, 0.6) is 0 Å². The van der Waals surface area contributed by atoms with Gasteiger partial charge in [-0.15, -0.1) is 18.8 Å². The van der Waals surface area contributed by atoms with E-state index in [2.05, 4.69) is 126 Å². The monoisotopic (exact) mass is 1590 g/mol. The number of nitrogens with one attached hydrogen (secondary N) is 3. The summed E-state index contributed by atoms with van der Waals surface area (Å²) in [7, 11) is 5.64. The molecule has 13 aromatic heterocycles. The third-order valence-corrected chi connectivity index (χ3v) is 22.7.